The van der Waals surface area contributed by atoms with Gasteiger partial charge in [-0.2, -0.15) is 9.29 Å². The molecule has 164 valence electrons. The van der Waals surface area contributed by atoms with Crippen LogP contribution in [0.3, 0.4) is 0 Å². The minimum Gasteiger partial charge on any atom is -0.350 e. The third-order valence-electron chi connectivity index (χ3n) is 5.12. The monoisotopic (exact) mass is 461 g/mol. The van der Waals surface area contributed by atoms with E-state index < -0.39 is 15.9 Å². The first-order valence-corrected chi connectivity index (χ1v) is 12.4. The fourth-order valence-electron chi connectivity index (χ4n) is 3.41. The van der Waals surface area contributed by atoms with Gasteiger partial charge >= 0.3 is 0 Å². The number of nitrogens with one attached hydrogen (secondary N) is 1. The van der Waals surface area contributed by atoms with Crippen molar-refractivity contribution < 1.29 is 17.7 Å². The third-order valence-corrected chi connectivity index (χ3v) is 8.40. The summed E-state index contributed by atoms with van der Waals surface area (Å²) in [5, 5.41) is 8.47. The van der Waals surface area contributed by atoms with E-state index in [1.54, 1.807) is 17.6 Å². The summed E-state index contributed by atoms with van der Waals surface area (Å²) in [7, 11) is -3.71. The highest BCUT2D eigenvalue weighted by Crippen LogP contribution is 2.31. The Kier molecular flexibility index (Phi) is 6.44. The number of carbonyl (C=O) groups excluding carboxylic acids is 1. The molecule has 31 heavy (non-hydrogen) atoms. The molecule has 9 nitrogen and oxygen atoms in total. The molecule has 3 aromatic heterocycles. The number of rotatable bonds is 7. The zero-order chi connectivity index (χ0) is 21.8. The van der Waals surface area contributed by atoms with Crippen LogP contribution in [0.1, 0.15) is 31.4 Å². The van der Waals surface area contributed by atoms with Crippen LogP contribution >= 0.6 is 11.3 Å². The highest BCUT2D eigenvalue weighted by Gasteiger charge is 2.34. The molecule has 1 fully saturated rings. The summed E-state index contributed by atoms with van der Waals surface area (Å²) in [6.45, 7) is 2.77. The lowest BCUT2D eigenvalue weighted by Crippen LogP contribution is -2.45. The lowest BCUT2D eigenvalue weighted by molar-refractivity contribution is -0.126. The minimum atomic E-state index is -3.71. The Morgan fingerprint density at radius 1 is 1.39 bits per heavy atom. The number of thiophene rings is 1. The Morgan fingerprint density at radius 2 is 2.26 bits per heavy atom. The van der Waals surface area contributed by atoms with Gasteiger partial charge < -0.3 is 9.84 Å². The number of amides is 1. The summed E-state index contributed by atoms with van der Waals surface area (Å²) >= 11 is 1.12. The molecule has 0 aromatic carbocycles. The molecule has 0 aliphatic carbocycles. The average molecular weight is 462 g/mol. The summed E-state index contributed by atoms with van der Waals surface area (Å²) in [5.74, 6) is 0.327. The first-order valence-electron chi connectivity index (χ1n) is 10.1. The van der Waals surface area contributed by atoms with Crippen molar-refractivity contribution in [1.82, 2.24) is 24.7 Å². The van der Waals surface area contributed by atoms with Gasteiger partial charge in [-0.3, -0.25) is 9.78 Å². The van der Waals surface area contributed by atoms with Gasteiger partial charge in [0.25, 0.3) is 10.0 Å². The average Bonchev–Trinajstić information content (AvgIpc) is 3.48. The van der Waals surface area contributed by atoms with Crippen LogP contribution in [0.5, 0.6) is 0 Å². The van der Waals surface area contributed by atoms with Crippen molar-refractivity contribution in [1.29, 1.82) is 0 Å². The van der Waals surface area contributed by atoms with Gasteiger partial charge in [0.2, 0.25) is 17.6 Å². The van der Waals surface area contributed by atoms with Gasteiger partial charge in [0, 0.05) is 36.7 Å². The molecule has 0 radical (unpaired) electrons. The molecule has 1 aliphatic rings. The van der Waals surface area contributed by atoms with E-state index >= 15 is 0 Å². The number of aromatic nitrogens is 3. The number of hydrogen-bond donors (Lipinski definition) is 1. The Hall–Kier alpha value is -2.63. The zero-order valence-electron chi connectivity index (χ0n) is 17.0. The molecule has 0 unspecified atom stereocenters. The summed E-state index contributed by atoms with van der Waals surface area (Å²) in [5.41, 5.74) is 1.36. The molecule has 0 bridgehead atoms. The lowest BCUT2D eigenvalue weighted by Gasteiger charge is -2.30. The van der Waals surface area contributed by atoms with E-state index in [2.05, 4.69) is 20.4 Å². The van der Waals surface area contributed by atoms with Crippen molar-refractivity contribution >= 4 is 27.3 Å². The van der Waals surface area contributed by atoms with Crippen LogP contribution in [0, 0.1) is 5.92 Å². The van der Waals surface area contributed by atoms with Gasteiger partial charge in [-0.25, -0.2) is 8.42 Å². The van der Waals surface area contributed by atoms with E-state index in [0.29, 0.717) is 49.6 Å². The number of pyridine rings is 1. The Bertz CT molecular complexity index is 1140. The second kappa shape index (κ2) is 9.25. The molecule has 0 saturated carbocycles. The summed E-state index contributed by atoms with van der Waals surface area (Å²) in [6.07, 6.45) is 3.56. The standard InChI is InChI=1S/C20H23N5O4S2/c1-2-17-23-19(24-29-17)15-10-18(30-13-15)31(27,28)25-9-5-6-14(12-25)20(26)22-11-16-7-3-4-8-21-16/h3-4,7-8,10,13-14H,2,5-6,9,11-12H2,1H3,(H,22,26)/t14-/m0/s1. The molecule has 4 heterocycles. The van der Waals surface area contributed by atoms with Crippen LogP contribution in [-0.2, 0) is 27.8 Å². The molecule has 1 N–H and O–H groups in total. The maximum Gasteiger partial charge on any atom is 0.252 e. The maximum atomic E-state index is 13.2. The van der Waals surface area contributed by atoms with Crippen LogP contribution in [-0.4, -0.2) is 46.8 Å². The zero-order valence-corrected chi connectivity index (χ0v) is 18.7. The van der Waals surface area contributed by atoms with Gasteiger partial charge in [-0.05, 0) is 31.0 Å². The number of sulfonamides is 1. The van der Waals surface area contributed by atoms with Crippen LogP contribution in [0.15, 0.2) is 44.6 Å². The van der Waals surface area contributed by atoms with Gasteiger partial charge in [0.1, 0.15) is 4.21 Å². The molecule has 4 rings (SSSR count). The predicted molar refractivity (Wildman–Crippen MR) is 115 cm³/mol. The molecule has 1 saturated heterocycles. The Morgan fingerprint density at radius 3 is 3.00 bits per heavy atom. The molecule has 11 heteroatoms. The van der Waals surface area contributed by atoms with Crippen molar-refractivity contribution in [2.75, 3.05) is 13.1 Å². The van der Waals surface area contributed by atoms with Crippen molar-refractivity contribution in [3.63, 3.8) is 0 Å². The largest absolute Gasteiger partial charge is 0.350 e. The van der Waals surface area contributed by atoms with Crippen LogP contribution < -0.4 is 5.32 Å². The van der Waals surface area contributed by atoms with Gasteiger partial charge in [0.05, 0.1) is 18.2 Å². The van der Waals surface area contributed by atoms with E-state index in [0.717, 1.165) is 17.0 Å². The van der Waals surface area contributed by atoms with Crippen molar-refractivity contribution in [2.45, 2.75) is 36.9 Å². The number of nitrogens with zero attached hydrogens (tertiary/aromatic N) is 4. The second-order valence-corrected chi connectivity index (χ2v) is 10.3. The number of hydrogen-bond acceptors (Lipinski definition) is 8. The van der Waals surface area contributed by atoms with Crippen molar-refractivity contribution in [3.05, 3.63) is 47.4 Å². The molecule has 0 spiro atoms. The third kappa shape index (κ3) is 4.83. The van der Waals surface area contributed by atoms with E-state index in [9.17, 15) is 13.2 Å². The SMILES string of the molecule is CCc1nc(-c2csc(S(=O)(=O)N3CCC[C@H](C(=O)NCc4ccccn4)C3)c2)no1. The van der Waals surface area contributed by atoms with E-state index in [1.807, 2.05) is 25.1 Å². The van der Waals surface area contributed by atoms with Crippen LogP contribution in [0.25, 0.3) is 11.4 Å². The smallest absolute Gasteiger partial charge is 0.252 e. The Balaban J connectivity index is 1.43. The normalized spacial score (nSPS) is 17.5. The predicted octanol–water partition coefficient (Wildman–Crippen LogP) is 2.47. The second-order valence-electron chi connectivity index (χ2n) is 7.26. The topological polar surface area (TPSA) is 118 Å². The summed E-state index contributed by atoms with van der Waals surface area (Å²) < 4.78 is 33.1. The van der Waals surface area contributed by atoms with Crippen molar-refractivity contribution in [3.8, 4) is 11.4 Å². The molecule has 1 amide bonds. The lowest BCUT2D eigenvalue weighted by atomic mass is 9.99. The summed E-state index contributed by atoms with van der Waals surface area (Å²) in [4.78, 5) is 21.1. The van der Waals surface area contributed by atoms with Crippen LogP contribution in [0.2, 0.25) is 0 Å². The number of piperidine rings is 1. The van der Waals surface area contributed by atoms with Crippen molar-refractivity contribution in [2.24, 2.45) is 5.92 Å². The first kappa shape index (κ1) is 21.6. The molecular weight excluding hydrogens is 438 g/mol. The fraction of sp³-hybridized carbons (Fsp3) is 0.400. The highest BCUT2D eigenvalue weighted by atomic mass is 32.2. The van der Waals surface area contributed by atoms with E-state index in [1.165, 1.54) is 4.31 Å². The molecule has 1 atom stereocenters. The summed E-state index contributed by atoms with van der Waals surface area (Å²) in [6, 6.07) is 7.07. The minimum absolute atomic E-state index is 0.156. The van der Waals surface area contributed by atoms with Crippen LogP contribution in [0.4, 0.5) is 0 Å². The Labute approximate surface area is 184 Å². The molecule has 3 aromatic rings. The van der Waals surface area contributed by atoms with E-state index in [-0.39, 0.29) is 16.7 Å². The number of aryl methyl sites for hydroxylation is 1. The quantitative estimate of drug-likeness (QED) is 0.574. The van der Waals surface area contributed by atoms with Gasteiger partial charge in [-0.15, -0.1) is 11.3 Å². The number of carbonyl (C=O) groups is 1. The van der Waals surface area contributed by atoms with Gasteiger partial charge in [0.15, 0.2) is 0 Å². The highest BCUT2D eigenvalue weighted by molar-refractivity contribution is 7.91. The van der Waals surface area contributed by atoms with E-state index in [4.69, 9.17) is 4.52 Å². The van der Waals surface area contributed by atoms with Gasteiger partial charge in [-0.1, -0.05) is 18.1 Å². The first-order chi connectivity index (χ1) is 15.0. The molecule has 1 aliphatic heterocycles. The fourth-order valence-corrected chi connectivity index (χ4v) is 6.25. The maximum absolute atomic E-state index is 13.2. The molecular formula is C20H23N5O4S2.